The monoisotopic (exact) mass is 262 g/mol. The molecule has 6 nitrogen and oxygen atoms in total. The van der Waals surface area contributed by atoms with Gasteiger partial charge in [-0.05, 0) is 24.1 Å². The van der Waals surface area contributed by atoms with Crippen LogP contribution in [0.5, 0.6) is 0 Å². The molecule has 0 atom stereocenters. The van der Waals surface area contributed by atoms with Gasteiger partial charge in [-0.15, -0.1) is 0 Å². The molecule has 0 bridgehead atoms. The maximum Gasteiger partial charge on any atom is 0.328 e. The molecule has 1 aromatic rings. The molecule has 3 amide bonds. The summed E-state index contributed by atoms with van der Waals surface area (Å²) in [5.41, 5.74) is 1.61. The van der Waals surface area contributed by atoms with E-state index in [1.54, 1.807) is 18.2 Å². The van der Waals surface area contributed by atoms with Crippen molar-refractivity contribution < 1.29 is 19.5 Å². The molecule has 3 N–H and O–H groups in total. The van der Waals surface area contributed by atoms with Crippen molar-refractivity contribution in [3.05, 3.63) is 42.0 Å². The molecule has 0 spiro atoms. The quantitative estimate of drug-likeness (QED) is 0.717. The van der Waals surface area contributed by atoms with Crippen LogP contribution in [0.25, 0.3) is 0 Å². The minimum atomic E-state index is -1.26. The minimum Gasteiger partial charge on any atom is -0.478 e. The molecule has 0 saturated heterocycles. The molecule has 0 radical (unpaired) electrons. The molecule has 100 valence electrons. The third-order valence-corrected chi connectivity index (χ3v) is 2.21. The third-order valence-electron chi connectivity index (χ3n) is 2.21. The van der Waals surface area contributed by atoms with E-state index in [0.29, 0.717) is 11.8 Å². The fourth-order valence-electron chi connectivity index (χ4n) is 1.33. The number of aliphatic carboxylic acids is 1. The SMILES string of the molecule is CCc1cccc(NC(=O)NC(=O)/C=C/C(=O)O)c1. The van der Waals surface area contributed by atoms with Gasteiger partial charge in [0.05, 0.1) is 0 Å². The van der Waals surface area contributed by atoms with Crippen LogP contribution in [0, 0.1) is 0 Å². The minimum absolute atomic E-state index is 0.562. The van der Waals surface area contributed by atoms with Gasteiger partial charge in [-0.2, -0.15) is 0 Å². The Morgan fingerprint density at radius 1 is 1.26 bits per heavy atom. The van der Waals surface area contributed by atoms with Crippen molar-refractivity contribution in [1.82, 2.24) is 5.32 Å². The van der Waals surface area contributed by atoms with Gasteiger partial charge in [-0.25, -0.2) is 9.59 Å². The summed E-state index contributed by atoms with van der Waals surface area (Å²) < 4.78 is 0. The summed E-state index contributed by atoms with van der Waals surface area (Å²) in [6.45, 7) is 1.99. The van der Waals surface area contributed by atoms with Gasteiger partial charge in [0, 0.05) is 17.8 Å². The number of carbonyl (C=O) groups excluding carboxylic acids is 2. The number of urea groups is 1. The van der Waals surface area contributed by atoms with Crippen LogP contribution in [0.15, 0.2) is 36.4 Å². The number of carboxylic acid groups (broad SMARTS) is 1. The van der Waals surface area contributed by atoms with E-state index in [1.807, 2.05) is 18.3 Å². The first-order chi connectivity index (χ1) is 9.01. The molecule has 0 aliphatic carbocycles. The predicted octanol–water partition coefficient (Wildman–Crippen LogP) is 1.54. The van der Waals surface area contributed by atoms with Crippen LogP contribution < -0.4 is 10.6 Å². The van der Waals surface area contributed by atoms with Gasteiger partial charge in [0.2, 0.25) is 0 Å². The Kier molecular flexibility index (Phi) is 5.28. The third kappa shape index (κ3) is 5.49. The first-order valence-electron chi connectivity index (χ1n) is 5.63. The van der Waals surface area contributed by atoms with E-state index in [9.17, 15) is 14.4 Å². The Morgan fingerprint density at radius 2 is 2.00 bits per heavy atom. The lowest BCUT2D eigenvalue weighted by Crippen LogP contribution is -2.33. The van der Waals surface area contributed by atoms with Crippen LogP contribution in [-0.4, -0.2) is 23.0 Å². The molecule has 0 heterocycles. The summed E-state index contributed by atoms with van der Waals surface area (Å²) in [5, 5.41) is 12.8. The van der Waals surface area contributed by atoms with Crippen LogP contribution in [0.3, 0.4) is 0 Å². The smallest absolute Gasteiger partial charge is 0.328 e. The number of carboxylic acids is 1. The standard InChI is InChI=1S/C13H14N2O4/c1-2-9-4-3-5-10(8-9)14-13(19)15-11(16)6-7-12(17)18/h3-8H,2H2,1H3,(H,17,18)(H2,14,15,16,19)/b7-6+. The molecule has 1 aromatic carbocycles. The largest absolute Gasteiger partial charge is 0.478 e. The number of imide groups is 1. The number of aryl methyl sites for hydroxylation is 1. The lowest BCUT2D eigenvalue weighted by atomic mass is 10.1. The highest BCUT2D eigenvalue weighted by molar-refractivity contribution is 6.06. The average molecular weight is 262 g/mol. The van der Waals surface area contributed by atoms with Gasteiger partial charge in [0.15, 0.2) is 0 Å². The first kappa shape index (κ1) is 14.4. The Morgan fingerprint density at radius 3 is 2.63 bits per heavy atom. The number of hydrogen-bond acceptors (Lipinski definition) is 3. The maximum absolute atomic E-state index is 11.4. The number of rotatable bonds is 4. The van der Waals surface area contributed by atoms with E-state index < -0.39 is 17.9 Å². The van der Waals surface area contributed by atoms with E-state index in [0.717, 1.165) is 18.1 Å². The van der Waals surface area contributed by atoms with Gasteiger partial charge in [0.1, 0.15) is 0 Å². The van der Waals surface area contributed by atoms with Gasteiger partial charge in [-0.3, -0.25) is 10.1 Å². The van der Waals surface area contributed by atoms with Crippen LogP contribution in [0.1, 0.15) is 12.5 Å². The van der Waals surface area contributed by atoms with Crippen molar-refractivity contribution in [1.29, 1.82) is 0 Å². The molecular formula is C13H14N2O4. The number of carbonyl (C=O) groups is 3. The summed E-state index contributed by atoms with van der Waals surface area (Å²) in [5.74, 6) is -2.06. The van der Waals surface area contributed by atoms with Crippen LogP contribution in [0.4, 0.5) is 10.5 Å². The lowest BCUT2D eigenvalue weighted by molar-refractivity contribution is -0.131. The summed E-state index contributed by atoms with van der Waals surface area (Å²) >= 11 is 0. The second-order valence-electron chi connectivity index (χ2n) is 3.67. The van der Waals surface area contributed by atoms with Crippen molar-refractivity contribution >= 4 is 23.6 Å². The molecule has 0 fully saturated rings. The molecule has 19 heavy (non-hydrogen) atoms. The fraction of sp³-hybridized carbons (Fsp3) is 0.154. The van der Waals surface area contributed by atoms with E-state index >= 15 is 0 Å². The molecule has 0 saturated carbocycles. The van der Waals surface area contributed by atoms with Crippen molar-refractivity contribution in [2.24, 2.45) is 0 Å². The molecule has 0 aliphatic rings. The van der Waals surface area contributed by atoms with Crippen molar-refractivity contribution in [2.45, 2.75) is 13.3 Å². The maximum atomic E-state index is 11.4. The number of anilines is 1. The molecule has 0 aliphatic heterocycles. The molecule has 1 rings (SSSR count). The number of benzene rings is 1. The van der Waals surface area contributed by atoms with Crippen molar-refractivity contribution in [3.63, 3.8) is 0 Å². The molecule has 6 heteroatoms. The fourth-order valence-corrected chi connectivity index (χ4v) is 1.33. The van der Waals surface area contributed by atoms with Crippen molar-refractivity contribution in [3.8, 4) is 0 Å². The van der Waals surface area contributed by atoms with E-state index in [-0.39, 0.29) is 0 Å². The van der Waals surface area contributed by atoms with Crippen LogP contribution >= 0.6 is 0 Å². The van der Waals surface area contributed by atoms with Gasteiger partial charge >= 0.3 is 12.0 Å². The predicted molar refractivity (Wildman–Crippen MR) is 69.8 cm³/mol. The highest BCUT2D eigenvalue weighted by atomic mass is 16.4. The van der Waals surface area contributed by atoms with Crippen LogP contribution in [0.2, 0.25) is 0 Å². The zero-order valence-corrected chi connectivity index (χ0v) is 10.3. The summed E-state index contributed by atoms with van der Waals surface area (Å²) in [6.07, 6.45) is 2.25. The van der Waals surface area contributed by atoms with E-state index in [1.165, 1.54) is 0 Å². The van der Waals surface area contributed by atoms with Gasteiger partial charge < -0.3 is 10.4 Å². The highest BCUT2D eigenvalue weighted by Crippen LogP contribution is 2.10. The van der Waals surface area contributed by atoms with Gasteiger partial charge in [-0.1, -0.05) is 19.1 Å². The second kappa shape index (κ2) is 6.95. The van der Waals surface area contributed by atoms with E-state index in [4.69, 9.17) is 5.11 Å². The Balaban J connectivity index is 2.55. The Labute approximate surface area is 110 Å². The summed E-state index contributed by atoms with van der Waals surface area (Å²) in [4.78, 5) is 32.8. The Hall–Kier alpha value is -2.63. The number of nitrogens with one attached hydrogen (secondary N) is 2. The first-order valence-corrected chi connectivity index (χ1v) is 5.63. The van der Waals surface area contributed by atoms with Crippen molar-refractivity contribution in [2.75, 3.05) is 5.32 Å². The highest BCUT2D eigenvalue weighted by Gasteiger charge is 2.05. The normalized spacial score (nSPS) is 10.2. The summed E-state index contributed by atoms with van der Waals surface area (Å²) in [7, 11) is 0. The second-order valence-corrected chi connectivity index (χ2v) is 3.67. The lowest BCUT2D eigenvalue weighted by Gasteiger charge is -2.06. The topological polar surface area (TPSA) is 95.5 Å². The van der Waals surface area contributed by atoms with Crippen LogP contribution in [-0.2, 0) is 16.0 Å². The molecular weight excluding hydrogens is 248 g/mol. The van der Waals surface area contributed by atoms with Gasteiger partial charge in [0.25, 0.3) is 5.91 Å². The number of amides is 3. The zero-order valence-electron chi connectivity index (χ0n) is 10.3. The number of hydrogen-bond donors (Lipinski definition) is 3. The van der Waals surface area contributed by atoms with E-state index in [2.05, 4.69) is 5.32 Å². The average Bonchev–Trinajstić information content (AvgIpc) is 2.36. The molecule has 0 unspecified atom stereocenters. The zero-order chi connectivity index (χ0) is 14.3. The molecule has 0 aromatic heterocycles. The summed E-state index contributed by atoms with van der Waals surface area (Å²) in [6, 6.07) is 6.48. The Bertz CT molecular complexity index is 523.